The van der Waals surface area contributed by atoms with Gasteiger partial charge >= 0.3 is 0 Å². The van der Waals surface area contributed by atoms with Gasteiger partial charge in [-0.3, -0.25) is 4.90 Å². The standard InChI is InChI=1S/C28H30N2O4S/c31-21-8-7-18-13-23-28(32)10-9-22(33-15-19-3-1-2-4-20(19)29-16-35)26-27(28,24(18)25(21)34-26)11-12-30(23)14-17-5-6-17/h1-4,7-8,17,22-23,26,31-32H,5-6,9-15H2/t22-,23?,26+,27?,28-/m1/s1. The number of piperidine rings is 1. The first kappa shape index (κ1) is 22.0. The van der Waals surface area contributed by atoms with Gasteiger partial charge in [0.25, 0.3) is 0 Å². The molecular weight excluding hydrogens is 460 g/mol. The molecule has 1 saturated heterocycles. The SMILES string of the molecule is Oc1ccc2c3c1O[C@H]1[C@H](OCc4ccccc4N=C=S)CC[C@@]4(O)C(C2)N(CC2CC2)CCC314. The van der Waals surface area contributed by atoms with Gasteiger partial charge in [-0.2, -0.15) is 4.99 Å². The molecule has 2 aromatic carbocycles. The summed E-state index contributed by atoms with van der Waals surface area (Å²) in [6, 6.07) is 11.7. The van der Waals surface area contributed by atoms with Gasteiger partial charge in [0.05, 0.1) is 34.6 Å². The molecule has 0 amide bonds. The fourth-order valence-corrected chi connectivity index (χ4v) is 7.69. The van der Waals surface area contributed by atoms with Gasteiger partial charge in [0.2, 0.25) is 0 Å². The summed E-state index contributed by atoms with van der Waals surface area (Å²) in [5.41, 5.74) is 2.49. The molecule has 35 heavy (non-hydrogen) atoms. The number of rotatable bonds is 6. The molecule has 2 heterocycles. The first-order chi connectivity index (χ1) is 17.0. The van der Waals surface area contributed by atoms with E-state index in [1.807, 2.05) is 30.3 Å². The van der Waals surface area contributed by atoms with Crippen molar-refractivity contribution in [1.29, 1.82) is 0 Å². The van der Waals surface area contributed by atoms with Crippen LogP contribution in [-0.2, 0) is 23.2 Å². The maximum Gasteiger partial charge on any atom is 0.165 e. The molecule has 0 aromatic heterocycles. The Hall–Kier alpha value is -2.28. The first-order valence-corrected chi connectivity index (χ1v) is 13.2. The van der Waals surface area contributed by atoms with E-state index in [2.05, 4.69) is 15.1 Å². The third kappa shape index (κ3) is 3.06. The Morgan fingerprint density at radius 2 is 2.03 bits per heavy atom. The zero-order valence-electron chi connectivity index (χ0n) is 19.7. The Labute approximate surface area is 210 Å². The normalized spacial score (nSPS) is 34.6. The molecule has 3 fully saturated rings. The molecule has 0 radical (unpaired) electrons. The van der Waals surface area contributed by atoms with Crippen LogP contribution in [0.15, 0.2) is 41.4 Å². The van der Waals surface area contributed by atoms with E-state index < -0.39 is 11.0 Å². The number of para-hydroxylation sites is 1. The number of nitrogens with zero attached hydrogens (tertiary/aromatic N) is 2. The third-order valence-electron chi connectivity index (χ3n) is 9.32. The summed E-state index contributed by atoms with van der Waals surface area (Å²) < 4.78 is 13.1. The molecule has 5 atom stereocenters. The lowest BCUT2D eigenvalue weighted by Crippen LogP contribution is -2.77. The molecule has 2 N–H and O–H groups in total. The van der Waals surface area contributed by atoms with Gasteiger partial charge in [-0.15, -0.1) is 0 Å². The van der Waals surface area contributed by atoms with Gasteiger partial charge < -0.3 is 19.7 Å². The van der Waals surface area contributed by atoms with E-state index in [9.17, 15) is 10.2 Å². The number of ether oxygens (including phenoxy) is 2. The highest BCUT2D eigenvalue weighted by Crippen LogP contribution is 2.65. The van der Waals surface area contributed by atoms with E-state index in [0.29, 0.717) is 25.2 Å². The maximum absolute atomic E-state index is 12.5. The van der Waals surface area contributed by atoms with Crippen molar-refractivity contribution in [3.05, 3.63) is 53.1 Å². The van der Waals surface area contributed by atoms with Crippen molar-refractivity contribution in [1.82, 2.24) is 4.90 Å². The molecule has 2 aliphatic heterocycles. The minimum atomic E-state index is -0.893. The maximum atomic E-state index is 12.5. The molecule has 5 aliphatic rings. The van der Waals surface area contributed by atoms with Crippen LogP contribution in [0.5, 0.6) is 11.5 Å². The van der Waals surface area contributed by atoms with E-state index in [-0.39, 0.29) is 24.0 Å². The van der Waals surface area contributed by atoms with E-state index in [4.69, 9.17) is 21.7 Å². The van der Waals surface area contributed by atoms with E-state index in [1.165, 1.54) is 18.4 Å². The van der Waals surface area contributed by atoms with Crippen molar-refractivity contribution in [2.75, 3.05) is 13.1 Å². The predicted molar refractivity (Wildman–Crippen MR) is 134 cm³/mol. The number of phenolic OH excluding ortho intramolecular Hbond substituents is 1. The second-order valence-electron chi connectivity index (χ2n) is 11.0. The number of aliphatic hydroxyl groups is 1. The monoisotopic (exact) mass is 490 g/mol. The van der Waals surface area contributed by atoms with Gasteiger partial charge in [-0.1, -0.05) is 24.3 Å². The lowest BCUT2D eigenvalue weighted by molar-refractivity contribution is -0.217. The van der Waals surface area contributed by atoms with Crippen LogP contribution in [0.1, 0.15) is 48.8 Å². The van der Waals surface area contributed by atoms with Gasteiger partial charge in [0.1, 0.15) is 6.10 Å². The Kier molecular flexibility index (Phi) is 4.93. The topological polar surface area (TPSA) is 74.5 Å². The van der Waals surface area contributed by atoms with E-state index in [0.717, 1.165) is 48.7 Å². The highest BCUT2D eigenvalue weighted by Gasteiger charge is 2.73. The van der Waals surface area contributed by atoms with E-state index >= 15 is 0 Å². The summed E-state index contributed by atoms with van der Waals surface area (Å²) in [6.45, 7) is 2.39. The number of thiocarbonyl (C=S) groups is 1. The summed E-state index contributed by atoms with van der Waals surface area (Å²) in [4.78, 5) is 6.74. The number of hydrogen-bond acceptors (Lipinski definition) is 7. The molecule has 2 unspecified atom stereocenters. The summed E-state index contributed by atoms with van der Waals surface area (Å²) in [5, 5.41) is 25.8. The molecule has 7 rings (SSSR count). The quantitative estimate of drug-likeness (QED) is 0.465. The van der Waals surface area contributed by atoms with Gasteiger partial charge in [-0.05, 0) is 80.9 Å². The van der Waals surface area contributed by atoms with Crippen molar-refractivity contribution in [2.45, 2.75) is 74.4 Å². The zero-order chi connectivity index (χ0) is 23.8. The Bertz CT molecular complexity index is 1240. The minimum absolute atomic E-state index is 0.0737. The van der Waals surface area contributed by atoms with Crippen molar-refractivity contribution >= 4 is 23.1 Å². The number of isothiocyanates is 1. The van der Waals surface area contributed by atoms with Crippen LogP contribution in [0.25, 0.3) is 0 Å². The molecule has 2 aromatic rings. The van der Waals surface area contributed by atoms with Crippen molar-refractivity contribution < 1.29 is 19.7 Å². The molecule has 1 spiro atoms. The molecular formula is C28H30N2O4S. The van der Waals surface area contributed by atoms with Crippen LogP contribution in [0.2, 0.25) is 0 Å². The third-order valence-corrected chi connectivity index (χ3v) is 9.41. The van der Waals surface area contributed by atoms with Gasteiger partial charge in [-0.25, -0.2) is 0 Å². The Morgan fingerprint density at radius 1 is 1.17 bits per heavy atom. The van der Waals surface area contributed by atoms with Crippen LogP contribution in [0.3, 0.4) is 0 Å². The fraction of sp³-hybridized carbons (Fsp3) is 0.536. The number of phenols is 1. The number of likely N-dealkylation sites (tertiary alicyclic amines) is 1. The smallest absolute Gasteiger partial charge is 0.165 e. The molecule has 6 nitrogen and oxygen atoms in total. The lowest BCUT2D eigenvalue weighted by atomic mass is 9.48. The molecule has 3 aliphatic carbocycles. The number of aliphatic imine (C=N–C) groups is 1. The van der Waals surface area contributed by atoms with Gasteiger partial charge in [0.15, 0.2) is 11.5 Å². The Balaban J connectivity index is 1.26. The molecule has 2 saturated carbocycles. The lowest BCUT2D eigenvalue weighted by Gasteiger charge is -2.64. The highest BCUT2D eigenvalue weighted by molar-refractivity contribution is 7.78. The van der Waals surface area contributed by atoms with Crippen molar-refractivity contribution in [2.24, 2.45) is 10.9 Å². The van der Waals surface area contributed by atoms with Crippen LogP contribution < -0.4 is 4.74 Å². The number of benzene rings is 2. The van der Waals surface area contributed by atoms with Crippen molar-refractivity contribution in [3.8, 4) is 11.5 Å². The summed E-state index contributed by atoms with van der Waals surface area (Å²) >= 11 is 4.81. The molecule has 182 valence electrons. The summed E-state index contributed by atoms with van der Waals surface area (Å²) in [7, 11) is 0. The van der Waals surface area contributed by atoms with Crippen LogP contribution in [0.4, 0.5) is 5.69 Å². The van der Waals surface area contributed by atoms with Gasteiger partial charge in [0, 0.05) is 23.7 Å². The molecule has 7 heteroatoms. The zero-order valence-corrected chi connectivity index (χ0v) is 20.5. The van der Waals surface area contributed by atoms with Crippen molar-refractivity contribution in [3.63, 3.8) is 0 Å². The van der Waals surface area contributed by atoms with Crippen LogP contribution in [0, 0.1) is 5.92 Å². The average molecular weight is 491 g/mol. The number of hydrogen-bond donors (Lipinski definition) is 2. The fourth-order valence-electron chi connectivity index (χ4n) is 7.59. The summed E-state index contributed by atoms with van der Waals surface area (Å²) in [5.74, 6) is 1.49. The predicted octanol–water partition coefficient (Wildman–Crippen LogP) is 4.28. The average Bonchev–Trinajstić information content (AvgIpc) is 3.60. The summed E-state index contributed by atoms with van der Waals surface area (Å²) in [6.07, 6.45) is 5.06. The highest BCUT2D eigenvalue weighted by atomic mass is 32.1. The Morgan fingerprint density at radius 3 is 2.86 bits per heavy atom. The van der Waals surface area contributed by atoms with Crippen LogP contribution >= 0.6 is 12.2 Å². The molecule has 2 bridgehead atoms. The number of aromatic hydroxyl groups is 1. The minimum Gasteiger partial charge on any atom is -0.504 e. The second-order valence-corrected chi connectivity index (χ2v) is 11.2. The first-order valence-electron chi connectivity index (χ1n) is 12.8. The van der Waals surface area contributed by atoms with E-state index in [1.54, 1.807) is 6.07 Å². The van der Waals surface area contributed by atoms with Crippen LogP contribution in [-0.4, -0.2) is 57.2 Å². The largest absolute Gasteiger partial charge is 0.504 e. The second kappa shape index (κ2) is 7.86.